The number of nitrogens with zero attached hydrogens (tertiary/aromatic N) is 1. The number of hydrogen-bond donors (Lipinski definition) is 2. The smallest absolute Gasteiger partial charge is 0.303 e. The summed E-state index contributed by atoms with van der Waals surface area (Å²) in [6.07, 6.45) is 2.29. The lowest BCUT2D eigenvalue weighted by Crippen LogP contribution is -2.43. The zero-order chi connectivity index (χ0) is 21.3. The van der Waals surface area contributed by atoms with Crippen LogP contribution in [0.15, 0.2) is 30.3 Å². The first-order valence-electron chi connectivity index (χ1n) is 10.1. The minimum absolute atomic E-state index is 0.0453. The molecule has 0 bridgehead atoms. The summed E-state index contributed by atoms with van der Waals surface area (Å²) in [5.74, 6) is -3.48. The van der Waals surface area contributed by atoms with Gasteiger partial charge in [-0.2, -0.15) is 8.78 Å². The van der Waals surface area contributed by atoms with Crippen LogP contribution < -0.4 is 0 Å². The van der Waals surface area contributed by atoms with E-state index in [4.69, 9.17) is 5.11 Å². The molecule has 1 aliphatic heterocycles. The Morgan fingerprint density at radius 1 is 1.21 bits per heavy atom. The molecule has 29 heavy (non-hydrogen) atoms. The summed E-state index contributed by atoms with van der Waals surface area (Å²) in [5, 5.41) is 18.7. The Kier molecular flexibility index (Phi) is 9.36. The van der Waals surface area contributed by atoms with Gasteiger partial charge in [0.25, 0.3) is 11.2 Å². The third kappa shape index (κ3) is 7.26. The first kappa shape index (κ1) is 23.6. The van der Waals surface area contributed by atoms with Crippen LogP contribution in [0, 0.1) is 0 Å². The number of rotatable bonds is 12. The Labute approximate surface area is 174 Å². The van der Waals surface area contributed by atoms with E-state index in [2.05, 4.69) is 0 Å². The van der Waals surface area contributed by atoms with Gasteiger partial charge >= 0.3 is 5.97 Å². The van der Waals surface area contributed by atoms with Gasteiger partial charge in [0.05, 0.1) is 0 Å². The number of aliphatic hydroxyl groups is 1. The number of alkyl halides is 2. The molecular formula is C21H29F2NO4S. The van der Waals surface area contributed by atoms with Crippen molar-refractivity contribution in [1.29, 1.82) is 0 Å². The zero-order valence-electron chi connectivity index (χ0n) is 16.4. The van der Waals surface area contributed by atoms with Crippen molar-refractivity contribution in [1.82, 2.24) is 4.90 Å². The molecule has 2 atom stereocenters. The minimum atomic E-state index is -3.33. The van der Waals surface area contributed by atoms with Crippen LogP contribution >= 0.6 is 11.8 Å². The van der Waals surface area contributed by atoms with Gasteiger partial charge in [-0.3, -0.25) is 9.59 Å². The van der Waals surface area contributed by atoms with Crippen LogP contribution in [0.5, 0.6) is 0 Å². The van der Waals surface area contributed by atoms with Crippen LogP contribution in [0.4, 0.5) is 13.6 Å². The van der Waals surface area contributed by atoms with Crippen LogP contribution in [-0.2, 0) is 10.7 Å². The van der Waals surface area contributed by atoms with Crippen molar-refractivity contribution in [3.8, 4) is 0 Å². The van der Waals surface area contributed by atoms with E-state index in [9.17, 15) is 23.5 Å². The molecule has 0 spiro atoms. The fourth-order valence-electron chi connectivity index (χ4n) is 3.54. The Hall–Kier alpha value is -1.67. The second-order valence-corrected chi connectivity index (χ2v) is 8.44. The summed E-state index contributed by atoms with van der Waals surface area (Å²) in [4.78, 5) is 24.5. The zero-order valence-corrected chi connectivity index (χ0v) is 17.3. The van der Waals surface area contributed by atoms with Crippen molar-refractivity contribution in [2.45, 2.75) is 69.4 Å². The van der Waals surface area contributed by atoms with E-state index < -0.39 is 18.0 Å². The summed E-state index contributed by atoms with van der Waals surface area (Å²) in [6, 6.07) is 7.15. The van der Waals surface area contributed by atoms with Gasteiger partial charge in [-0.15, -0.1) is 0 Å². The number of carbonyl (C=O) groups is 2. The van der Waals surface area contributed by atoms with Gasteiger partial charge in [0.15, 0.2) is 0 Å². The van der Waals surface area contributed by atoms with E-state index in [1.165, 1.54) is 36.0 Å². The van der Waals surface area contributed by atoms with Crippen molar-refractivity contribution in [3.63, 3.8) is 0 Å². The molecule has 5 nitrogen and oxygen atoms in total. The lowest BCUT2D eigenvalue weighted by molar-refractivity contribution is -0.137. The van der Waals surface area contributed by atoms with Gasteiger partial charge in [-0.25, -0.2) is 0 Å². The van der Waals surface area contributed by atoms with Crippen LogP contribution in [0.2, 0.25) is 0 Å². The largest absolute Gasteiger partial charge is 0.481 e. The predicted molar refractivity (Wildman–Crippen MR) is 109 cm³/mol. The molecule has 1 amide bonds. The number of unbranched alkanes of at least 4 members (excludes halogenated alkanes) is 3. The highest BCUT2D eigenvalue weighted by molar-refractivity contribution is 8.13. The number of carbonyl (C=O) groups excluding carboxylic acids is 1. The lowest BCUT2D eigenvalue weighted by Gasteiger charge is -2.36. The van der Waals surface area contributed by atoms with E-state index in [-0.39, 0.29) is 29.7 Å². The molecule has 2 N–H and O–H groups in total. The molecule has 162 valence electrons. The molecule has 8 heteroatoms. The minimum Gasteiger partial charge on any atom is -0.481 e. The summed E-state index contributed by atoms with van der Waals surface area (Å²) < 4.78 is 29.0. The monoisotopic (exact) mass is 429 g/mol. The summed E-state index contributed by atoms with van der Waals surface area (Å²) in [7, 11) is 0. The van der Waals surface area contributed by atoms with Crippen molar-refractivity contribution in [2.75, 3.05) is 12.3 Å². The average Bonchev–Trinajstić information content (AvgIpc) is 2.70. The number of thioether (sulfide) groups is 1. The van der Waals surface area contributed by atoms with E-state index in [0.29, 0.717) is 25.1 Å². The Bertz CT molecular complexity index is 659. The highest BCUT2D eigenvalue weighted by Crippen LogP contribution is 2.35. The molecule has 0 saturated carbocycles. The number of halogens is 2. The first-order chi connectivity index (χ1) is 13.8. The number of carboxylic acid groups (broad SMARTS) is 1. The maximum Gasteiger partial charge on any atom is 0.303 e. The molecule has 1 aromatic carbocycles. The van der Waals surface area contributed by atoms with E-state index in [1.54, 1.807) is 11.0 Å². The number of aliphatic hydroxyl groups excluding tert-OH is 1. The maximum absolute atomic E-state index is 14.5. The van der Waals surface area contributed by atoms with Gasteiger partial charge < -0.3 is 15.1 Å². The molecule has 0 radical (unpaired) electrons. The molecule has 1 heterocycles. The number of hydrogen-bond acceptors (Lipinski definition) is 4. The van der Waals surface area contributed by atoms with Crippen molar-refractivity contribution in [2.24, 2.45) is 0 Å². The summed E-state index contributed by atoms with van der Waals surface area (Å²) >= 11 is 1.24. The molecule has 0 aliphatic carbocycles. The highest BCUT2D eigenvalue weighted by Gasteiger charge is 2.40. The first-order valence-corrected chi connectivity index (χ1v) is 11.1. The second kappa shape index (κ2) is 11.5. The van der Waals surface area contributed by atoms with E-state index in [0.717, 1.165) is 25.7 Å². The maximum atomic E-state index is 14.5. The number of benzene rings is 1. The number of amides is 1. The van der Waals surface area contributed by atoms with Crippen molar-refractivity contribution < 1.29 is 28.6 Å². The third-order valence-electron chi connectivity index (χ3n) is 5.24. The van der Waals surface area contributed by atoms with E-state index >= 15 is 0 Å². The lowest BCUT2D eigenvalue weighted by atomic mass is 9.96. The summed E-state index contributed by atoms with van der Waals surface area (Å²) in [5.41, 5.74) is -0.207. The molecule has 2 rings (SSSR count). The third-order valence-corrected chi connectivity index (χ3v) is 6.16. The topological polar surface area (TPSA) is 77.8 Å². The number of carboxylic acids is 1. The van der Waals surface area contributed by atoms with Crippen molar-refractivity contribution in [3.05, 3.63) is 35.9 Å². The fourth-order valence-corrected chi connectivity index (χ4v) is 4.51. The van der Waals surface area contributed by atoms with E-state index in [1.807, 2.05) is 0 Å². The second-order valence-electron chi connectivity index (χ2n) is 7.39. The van der Waals surface area contributed by atoms with Gasteiger partial charge in [0, 0.05) is 30.3 Å². The van der Waals surface area contributed by atoms with Gasteiger partial charge in [0.1, 0.15) is 6.10 Å². The van der Waals surface area contributed by atoms with Crippen LogP contribution in [0.3, 0.4) is 0 Å². The quantitative estimate of drug-likeness (QED) is 0.463. The Morgan fingerprint density at radius 3 is 2.59 bits per heavy atom. The SMILES string of the molecule is O=C(O)CCCCCCN1C(=O)SCC[C@@H]1CC[C@@H](O)C(F)(F)c1ccccc1. The van der Waals surface area contributed by atoms with Gasteiger partial charge in [0.2, 0.25) is 0 Å². The molecule has 0 unspecified atom stereocenters. The van der Waals surface area contributed by atoms with Crippen LogP contribution in [0.25, 0.3) is 0 Å². The Morgan fingerprint density at radius 2 is 1.90 bits per heavy atom. The van der Waals surface area contributed by atoms with Gasteiger partial charge in [-0.1, -0.05) is 54.9 Å². The standard InChI is InChI=1S/C21H29F2NO4S/c22-21(23,16-8-4-3-5-9-16)18(25)12-11-17-13-15-29-20(28)24(17)14-7-2-1-6-10-19(26)27/h3-5,8-9,17-18,25H,1-2,6-7,10-15H2,(H,26,27)/t17-,18+/m0/s1. The normalized spacial score (nSPS) is 18.7. The molecule has 1 saturated heterocycles. The fraction of sp³-hybridized carbons (Fsp3) is 0.619. The van der Waals surface area contributed by atoms with Crippen LogP contribution in [-0.4, -0.2) is 50.8 Å². The summed E-state index contributed by atoms with van der Waals surface area (Å²) in [6.45, 7) is 0.536. The molecule has 1 aliphatic rings. The molecule has 1 fully saturated rings. The van der Waals surface area contributed by atoms with Gasteiger partial charge in [-0.05, 0) is 32.1 Å². The highest BCUT2D eigenvalue weighted by atomic mass is 32.2. The molecular weight excluding hydrogens is 400 g/mol. The Balaban J connectivity index is 1.83. The molecule has 1 aromatic rings. The average molecular weight is 430 g/mol. The molecule has 0 aromatic heterocycles. The predicted octanol–water partition coefficient (Wildman–Crippen LogP) is 4.88. The van der Waals surface area contributed by atoms with Crippen molar-refractivity contribution >= 4 is 23.0 Å². The van der Waals surface area contributed by atoms with Crippen LogP contribution in [0.1, 0.15) is 56.9 Å². The number of aliphatic carboxylic acids is 1.